The minimum Gasteiger partial charge on any atom is -0.465 e. The zero-order valence-corrected chi connectivity index (χ0v) is 9.46. The summed E-state index contributed by atoms with van der Waals surface area (Å²) in [7, 11) is 0. The number of non-ortho nitro benzene ring substituents is 1. The van der Waals surface area contributed by atoms with Crippen molar-refractivity contribution in [2.75, 3.05) is 6.61 Å². The summed E-state index contributed by atoms with van der Waals surface area (Å²) in [6.07, 6.45) is 0.302. The number of nitrogens with two attached hydrogens (primary N) is 1. The molecule has 92 valence electrons. The van der Waals surface area contributed by atoms with Crippen molar-refractivity contribution in [3.05, 3.63) is 39.9 Å². The van der Waals surface area contributed by atoms with E-state index in [9.17, 15) is 14.9 Å². The standard InChI is InChI=1S/C11H14N2O4/c1-2-17-11(14)10(12)7-8-3-5-9(6-4-8)13(15)16/h3-6,10H,2,7,12H2,1H3. The minimum absolute atomic E-state index is 0.0125. The SMILES string of the molecule is CCOC(=O)C(N)Cc1ccc([N+](=O)[O-])cc1. The summed E-state index contributed by atoms with van der Waals surface area (Å²) < 4.78 is 4.77. The second-order valence-electron chi connectivity index (χ2n) is 3.49. The van der Waals surface area contributed by atoms with Crippen LogP contribution in [0.3, 0.4) is 0 Å². The molecule has 0 bridgehead atoms. The number of carbonyl (C=O) groups is 1. The molecule has 1 aromatic carbocycles. The van der Waals surface area contributed by atoms with Crippen molar-refractivity contribution in [1.29, 1.82) is 0 Å². The number of nitro benzene ring substituents is 1. The average molecular weight is 238 g/mol. The molecule has 0 heterocycles. The van der Waals surface area contributed by atoms with Crippen molar-refractivity contribution >= 4 is 11.7 Å². The van der Waals surface area contributed by atoms with Crippen LogP contribution in [0.4, 0.5) is 5.69 Å². The first-order valence-corrected chi connectivity index (χ1v) is 5.20. The van der Waals surface area contributed by atoms with Crippen LogP contribution in [-0.2, 0) is 16.0 Å². The Morgan fingerprint density at radius 1 is 1.47 bits per heavy atom. The summed E-state index contributed by atoms with van der Waals surface area (Å²) in [6.45, 7) is 1.99. The molecule has 6 heteroatoms. The number of benzene rings is 1. The lowest BCUT2D eigenvalue weighted by Gasteiger charge is -2.10. The van der Waals surface area contributed by atoms with Gasteiger partial charge in [-0.1, -0.05) is 12.1 Å². The molecule has 1 atom stereocenters. The summed E-state index contributed by atoms with van der Waals surface area (Å²) in [4.78, 5) is 21.2. The van der Waals surface area contributed by atoms with Crippen molar-refractivity contribution in [3.63, 3.8) is 0 Å². The largest absolute Gasteiger partial charge is 0.465 e. The van der Waals surface area contributed by atoms with Gasteiger partial charge in [-0.25, -0.2) is 0 Å². The van der Waals surface area contributed by atoms with Gasteiger partial charge in [-0.05, 0) is 18.9 Å². The summed E-state index contributed by atoms with van der Waals surface area (Å²) in [6, 6.07) is 5.19. The topological polar surface area (TPSA) is 95.5 Å². The maximum Gasteiger partial charge on any atom is 0.323 e. The van der Waals surface area contributed by atoms with Crippen LogP contribution in [0.2, 0.25) is 0 Å². The van der Waals surface area contributed by atoms with Gasteiger partial charge >= 0.3 is 5.97 Å². The summed E-state index contributed by atoms with van der Waals surface area (Å²) in [5.74, 6) is -0.467. The quantitative estimate of drug-likeness (QED) is 0.469. The van der Waals surface area contributed by atoms with Crippen LogP contribution in [0.15, 0.2) is 24.3 Å². The highest BCUT2D eigenvalue weighted by Gasteiger charge is 2.15. The number of carbonyl (C=O) groups excluding carboxylic acids is 1. The van der Waals surface area contributed by atoms with Crippen LogP contribution < -0.4 is 5.73 Å². The van der Waals surface area contributed by atoms with Gasteiger partial charge in [0.05, 0.1) is 11.5 Å². The first-order chi connectivity index (χ1) is 8.04. The van der Waals surface area contributed by atoms with Crippen molar-refractivity contribution in [2.24, 2.45) is 5.73 Å². The second kappa shape index (κ2) is 5.95. The van der Waals surface area contributed by atoms with E-state index < -0.39 is 16.9 Å². The molecule has 1 unspecified atom stereocenters. The fourth-order valence-corrected chi connectivity index (χ4v) is 1.34. The molecule has 1 rings (SSSR count). The number of ether oxygens (including phenoxy) is 1. The van der Waals surface area contributed by atoms with Gasteiger partial charge < -0.3 is 10.5 Å². The van der Waals surface area contributed by atoms with Crippen LogP contribution in [-0.4, -0.2) is 23.5 Å². The normalized spacial score (nSPS) is 11.9. The van der Waals surface area contributed by atoms with Gasteiger partial charge in [-0.15, -0.1) is 0 Å². The number of esters is 1. The highest BCUT2D eigenvalue weighted by molar-refractivity contribution is 5.75. The Morgan fingerprint density at radius 3 is 2.53 bits per heavy atom. The monoisotopic (exact) mass is 238 g/mol. The first-order valence-electron chi connectivity index (χ1n) is 5.20. The molecule has 2 N–H and O–H groups in total. The molecule has 0 aromatic heterocycles. The molecule has 0 saturated carbocycles. The predicted molar refractivity (Wildman–Crippen MR) is 61.4 cm³/mol. The van der Waals surface area contributed by atoms with Crippen LogP contribution in [0.1, 0.15) is 12.5 Å². The molecule has 1 aromatic rings. The Morgan fingerprint density at radius 2 is 2.06 bits per heavy atom. The number of nitro groups is 1. The van der Waals surface area contributed by atoms with Crippen molar-refractivity contribution in [2.45, 2.75) is 19.4 Å². The molecule has 6 nitrogen and oxygen atoms in total. The third-order valence-corrected chi connectivity index (χ3v) is 2.19. The van der Waals surface area contributed by atoms with Crippen LogP contribution >= 0.6 is 0 Å². The third-order valence-electron chi connectivity index (χ3n) is 2.19. The fourth-order valence-electron chi connectivity index (χ4n) is 1.34. The highest BCUT2D eigenvalue weighted by atomic mass is 16.6. The molecule has 0 aliphatic rings. The number of hydrogen-bond donors (Lipinski definition) is 1. The summed E-state index contributed by atoms with van der Waals surface area (Å²) in [5, 5.41) is 10.4. The van der Waals surface area contributed by atoms with E-state index in [1.807, 2.05) is 0 Å². The highest BCUT2D eigenvalue weighted by Crippen LogP contribution is 2.13. The van der Waals surface area contributed by atoms with E-state index in [0.29, 0.717) is 6.42 Å². The van der Waals surface area contributed by atoms with Gasteiger partial charge in [0.15, 0.2) is 0 Å². The molecule has 0 aliphatic carbocycles. The molecule has 0 radical (unpaired) electrons. The minimum atomic E-state index is -0.739. The van der Waals surface area contributed by atoms with Crippen LogP contribution in [0.5, 0.6) is 0 Å². The average Bonchev–Trinajstić information content (AvgIpc) is 2.30. The predicted octanol–water partition coefficient (Wildman–Crippen LogP) is 1.03. The third kappa shape index (κ3) is 3.84. The smallest absolute Gasteiger partial charge is 0.323 e. The Balaban J connectivity index is 2.63. The lowest BCUT2D eigenvalue weighted by molar-refractivity contribution is -0.384. The van der Waals surface area contributed by atoms with E-state index in [-0.39, 0.29) is 12.3 Å². The van der Waals surface area contributed by atoms with E-state index in [1.54, 1.807) is 19.1 Å². The Labute approximate surface area is 98.5 Å². The summed E-state index contributed by atoms with van der Waals surface area (Å²) >= 11 is 0. The fraction of sp³-hybridized carbons (Fsp3) is 0.364. The van der Waals surface area contributed by atoms with Gasteiger partial charge in [0.1, 0.15) is 6.04 Å². The van der Waals surface area contributed by atoms with Gasteiger partial charge in [-0.3, -0.25) is 14.9 Å². The van der Waals surface area contributed by atoms with E-state index in [1.165, 1.54) is 12.1 Å². The van der Waals surface area contributed by atoms with Crippen molar-refractivity contribution in [1.82, 2.24) is 0 Å². The summed E-state index contributed by atoms with van der Waals surface area (Å²) in [5.41, 5.74) is 6.40. The zero-order chi connectivity index (χ0) is 12.8. The maximum atomic E-state index is 11.3. The number of rotatable bonds is 5. The number of nitrogens with zero attached hydrogens (tertiary/aromatic N) is 1. The van der Waals surface area contributed by atoms with Crippen molar-refractivity contribution in [3.8, 4) is 0 Å². The molecule has 0 amide bonds. The second-order valence-corrected chi connectivity index (χ2v) is 3.49. The molecule has 17 heavy (non-hydrogen) atoms. The van der Waals surface area contributed by atoms with E-state index in [4.69, 9.17) is 10.5 Å². The van der Waals surface area contributed by atoms with E-state index in [2.05, 4.69) is 0 Å². The molecular weight excluding hydrogens is 224 g/mol. The van der Waals surface area contributed by atoms with Crippen LogP contribution in [0.25, 0.3) is 0 Å². The molecule has 0 saturated heterocycles. The first kappa shape index (κ1) is 13.1. The van der Waals surface area contributed by atoms with E-state index >= 15 is 0 Å². The lowest BCUT2D eigenvalue weighted by atomic mass is 10.1. The maximum absolute atomic E-state index is 11.3. The van der Waals surface area contributed by atoms with Gasteiger partial charge in [0.25, 0.3) is 5.69 Å². The molecule has 0 spiro atoms. The Kier molecular flexibility index (Phi) is 4.59. The molecule has 0 aliphatic heterocycles. The van der Waals surface area contributed by atoms with Gasteiger partial charge in [0.2, 0.25) is 0 Å². The van der Waals surface area contributed by atoms with Gasteiger partial charge in [-0.2, -0.15) is 0 Å². The Hall–Kier alpha value is -1.95. The number of hydrogen-bond acceptors (Lipinski definition) is 5. The Bertz CT molecular complexity index is 402. The molecule has 0 fully saturated rings. The van der Waals surface area contributed by atoms with Gasteiger partial charge in [0, 0.05) is 12.1 Å². The van der Waals surface area contributed by atoms with Crippen LogP contribution in [0, 0.1) is 10.1 Å². The molecular formula is C11H14N2O4. The zero-order valence-electron chi connectivity index (χ0n) is 9.46. The lowest BCUT2D eigenvalue weighted by Crippen LogP contribution is -2.34. The van der Waals surface area contributed by atoms with Crippen molar-refractivity contribution < 1.29 is 14.5 Å². The van der Waals surface area contributed by atoms with E-state index in [0.717, 1.165) is 5.56 Å².